The summed E-state index contributed by atoms with van der Waals surface area (Å²) in [5.74, 6) is 1.22. The number of benzene rings is 1. The third kappa shape index (κ3) is 4.00. The quantitative estimate of drug-likeness (QED) is 0.716. The fourth-order valence-corrected chi connectivity index (χ4v) is 2.76. The SMILES string of the molecule is Cc1cc(C)c(Nc2nccc(NCc3ccccn3)n2)c(Cl)c1. The van der Waals surface area contributed by atoms with Gasteiger partial charge in [-0.25, -0.2) is 4.98 Å². The molecule has 0 unspecified atom stereocenters. The van der Waals surface area contributed by atoms with Crippen LogP contribution < -0.4 is 10.6 Å². The summed E-state index contributed by atoms with van der Waals surface area (Å²) in [6, 6.07) is 11.6. The van der Waals surface area contributed by atoms with Gasteiger partial charge in [-0.1, -0.05) is 23.7 Å². The van der Waals surface area contributed by atoms with Gasteiger partial charge in [-0.2, -0.15) is 4.98 Å². The average Bonchev–Trinajstić information content (AvgIpc) is 2.58. The lowest BCUT2D eigenvalue weighted by Gasteiger charge is -2.12. The van der Waals surface area contributed by atoms with Crippen LogP contribution in [0.15, 0.2) is 48.8 Å². The summed E-state index contributed by atoms with van der Waals surface area (Å²) in [7, 11) is 0. The van der Waals surface area contributed by atoms with Crippen LogP contribution in [0.25, 0.3) is 0 Å². The Labute approximate surface area is 146 Å². The zero-order chi connectivity index (χ0) is 16.9. The summed E-state index contributed by atoms with van der Waals surface area (Å²) in [5.41, 5.74) is 3.94. The van der Waals surface area contributed by atoms with Crippen molar-refractivity contribution in [3.63, 3.8) is 0 Å². The molecule has 0 saturated carbocycles. The number of hydrogen-bond donors (Lipinski definition) is 2. The van der Waals surface area contributed by atoms with Crippen molar-refractivity contribution in [1.29, 1.82) is 0 Å². The van der Waals surface area contributed by atoms with Crippen LogP contribution in [0.1, 0.15) is 16.8 Å². The van der Waals surface area contributed by atoms with Gasteiger partial charge in [0.05, 0.1) is 22.9 Å². The van der Waals surface area contributed by atoms with E-state index >= 15 is 0 Å². The lowest BCUT2D eigenvalue weighted by molar-refractivity contribution is 1.02. The smallest absolute Gasteiger partial charge is 0.229 e. The van der Waals surface area contributed by atoms with Gasteiger partial charge in [-0.15, -0.1) is 0 Å². The number of aryl methyl sites for hydroxylation is 2. The molecule has 6 heteroatoms. The Kier molecular flexibility index (Phi) is 4.91. The molecule has 2 heterocycles. The first-order valence-electron chi connectivity index (χ1n) is 7.62. The topological polar surface area (TPSA) is 62.7 Å². The standard InChI is InChI=1S/C18H18ClN5/c1-12-9-13(2)17(15(19)10-12)24-18-21-8-6-16(23-18)22-11-14-5-3-4-7-20-14/h3-10H,11H2,1-2H3,(H2,21,22,23,24). The molecule has 24 heavy (non-hydrogen) atoms. The Balaban J connectivity index is 1.74. The molecule has 3 aromatic rings. The normalized spacial score (nSPS) is 10.5. The highest BCUT2D eigenvalue weighted by molar-refractivity contribution is 6.33. The van der Waals surface area contributed by atoms with Crippen LogP contribution in [0.3, 0.4) is 0 Å². The minimum atomic E-state index is 0.495. The van der Waals surface area contributed by atoms with Gasteiger partial charge in [-0.3, -0.25) is 4.98 Å². The second kappa shape index (κ2) is 7.27. The van der Waals surface area contributed by atoms with Crippen LogP contribution in [0, 0.1) is 13.8 Å². The highest BCUT2D eigenvalue weighted by Crippen LogP contribution is 2.29. The van der Waals surface area contributed by atoms with E-state index in [1.54, 1.807) is 12.4 Å². The number of halogens is 1. The van der Waals surface area contributed by atoms with Crippen molar-refractivity contribution in [2.45, 2.75) is 20.4 Å². The van der Waals surface area contributed by atoms with Crippen molar-refractivity contribution in [3.05, 3.63) is 70.6 Å². The fourth-order valence-electron chi connectivity index (χ4n) is 2.39. The molecule has 0 spiro atoms. The van der Waals surface area contributed by atoms with Crippen LogP contribution in [0.4, 0.5) is 17.5 Å². The Morgan fingerprint density at radius 2 is 1.92 bits per heavy atom. The molecule has 0 aliphatic heterocycles. The molecular weight excluding hydrogens is 322 g/mol. The second-order valence-electron chi connectivity index (χ2n) is 5.50. The zero-order valence-electron chi connectivity index (χ0n) is 13.5. The van der Waals surface area contributed by atoms with Crippen molar-refractivity contribution >= 4 is 29.1 Å². The van der Waals surface area contributed by atoms with E-state index in [9.17, 15) is 0 Å². The maximum absolute atomic E-state index is 6.32. The van der Waals surface area contributed by atoms with Gasteiger partial charge >= 0.3 is 0 Å². The molecule has 0 aliphatic rings. The van der Waals surface area contributed by atoms with E-state index in [1.165, 1.54) is 0 Å². The Bertz CT molecular complexity index is 813. The molecular formula is C18H18ClN5. The van der Waals surface area contributed by atoms with Crippen LogP contribution in [0.2, 0.25) is 5.02 Å². The molecule has 0 aliphatic carbocycles. The first-order chi connectivity index (χ1) is 11.6. The zero-order valence-corrected chi connectivity index (χ0v) is 14.3. The lowest BCUT2D eigenvalue weighted by Crippen LogP contribution is -2.05. The van der Waals surface area contributed by atoms with Crippen LogP contribution in [-0.2, 0) is 6.54 Å². The summed E-state index contributed by atoms with van der Waals surface area (Å²) in [5, 5.41) is 7.09. The molecule has 0 fully saturated rings. The molecule has 5 nitrogen and oxygen atoms in total. The second-order valence-corrected chi connectivity index (χ2v) is 5.91. The van der Waals surface area contributed by atoms with Crippen molar-refractivity contribution in [1.82, 2.24) is 15.0 Å². The molecule has 122 valence electrons. The number of nitrogens with zero attached hydrogens (tertiary/aromatic N) is 3. The maximum atomic E-state index is 6.32. The van der Waals surface area contributed by atoms with Gasteiger partial charge in [-0.05, 0) is 49.2 Å². The van der Waals surface area contributed by atoms with Gasteiger partial charge in [0, 0.05) is 12.4 Å². The van der Waals surface area contributed by atoms with Gasteiger partial charge in [0.2, 0.25) is 5.95 Å². The van der Waals surface area contributed by atoms with E-state index in [4.69, 9.17) is 11.6 Å². The third-order valence-corrected chi connectivity index (χ3v) is 3.80. The summed E-state index contributed by atoms with van der Waals surface area (Å²) >= 11 is 6.32. The van der Waals surface area contributed by atoms with E-state index in [2.05, 4.69) is 31.7 Å². The summed E-state index contributed by atoms with van der Waals surface area (Å²) < 4.78 is 0. The molecule has 1 aromatic carbocycles. The van der Waals surface area contributed by atoms with Gasteiger partial charge < -0.3 is 10.6 Å². The number of pyridine rings is 1. The number of anilines is 3. The van der Waals surface area contributed by atoms with Crippen molar-refractivity contribution in [2.75, 3.05) is 10.6 Å². The molecule has 0 saturated heterocycles. The minimum Gasteiger partial charge on any atom is -0.364 e. The number of nitrogens with one attached hydrogen (secondary N) is 2. The molecule has 0 bridgehead atoms. The van der Waals surface area contributed by atoms with Crippen LogP contribution in [0.5, 0.6) is 0 Å². The first-order valence-corrected chi connectivity index (χ1v) is 8.00. The van der Waals surface area contributed by atoms with Gasteiger partial charge in [0.25, 0.3) is 0 Å². The first kappa shape index (κ1) is 16.2. The number of rotatable bonds is 5. The predicted octanol–water partition coefficient (Wildman–Crippen LogP) is 4.50. The molecule has 3 rings (SSSR count). The summed E-state index contributed by atoms with van der Waals surface area (Å²) in [6.07, 6.45) is 3.47. The minimum absolute atomic E-state index is 0.495. The van der Waals surface area contributed by atoms with E-state index in [0.717, 1.165) is 28.3 Å². The molecule has 2 aromatic heterocycles. The molecule has 0 amide bonds. The molecule has 0 radical (unpaired) electrons. The van der Waals surface area contributed by atoms with Gasteiger partial charge in [0.15, 0.2) is 0 Å². The average molecular weight is 340 g/mol. The predicted molar refractivity (Wildman–Crippen MR) is 97.8 cm³/mol. The Hall–Kier alpha value is -2.66. The van der Waals surface area contributed by atoms with E-state index in [0.29, 0.717) is 17.5 Å². The number of hydrogen-bond acceptors (Lipinski definition) is 5. The fraction of sp³-hybridized carbons (Fsp3) is 0.167. The molecule has 0 atom stereocenters. The van der Waals surface area contributed by atoms with E-state index in [-0.39, 0.29) is 0 Å². The third-order valence-electron chi connectivity index (χ3n) is 3.50. The van der Waals surface area contributed by atoms with Crippen LogP contribution >= 0.6 is 11.6 Å². The monoisotopic (exact) mass is 339 g/mol. The largest absolute Gasteiger partial charge is 0.364 e. The highest BCUT2D eigenvalue weighted by atomic mass is 35.5. The van der Waals surface area contributed by atoms with E-state index < -0.39 is 0 Å². The van der Waals surface area contributed by atoms with Gasteiger partial charge in [0.1, 0.15) is 5.82 Å². The maximum Gasteiger partial charge on any atom is 0.229 e. The molecule has 2 N–H and O–H groups in total. The lowest BCUT2D eigenvalue weighted by atomic mass is 10.1. The highest BCUT2D eigenvalue weighted by Gasteiger charge is 2.08. The summed E-state index contributed by atoms with van der Waals surface area (Å²) in [4.78, 5) is 13.0. The van der Waals surface area contributed by atoms with E-state index in [1.807, 2.05) is 44.2 Å². The Morgan fingerprint density at radius 3 is 2.67 bits per heavy atom. The van der Waals surface area contributed by atoms with Crippen molar-refractivity contribution < 1.29 is 0 Å². The van der Waals surface area contributed by atoms with Crippen molar-refractivity contribution in [3.8, 4) is 0 Å². The summed E-state index contributed by atoms with van der Waals surface area (Å²) in [6.45, 7) is 4.62. The Morgan fingerprint density at radius 1 is 1.04 bits per heavy atom. The number of aromatic nitrogens is 3. The van der Waals surface area contributed by atoms with Crippen LogP contribution in [-0.4, -0.2) is 15.0 Å². The van der Waals surface area contributed by atoms with Crippen molar-refractivity contribution in [2.24, 2.45) is 0 Å².